The second-order valence-electron chi connectivity index (χ2n) is 5.71. The number of carboxylic acid groups (broad SMARTS) is 1. The quantitative estimate of drug-likeness (QED) is 0.854. The Kier molecular flexibility index (Phi) is 4.25. The molecule has 0 amide bonds. The Morgan fingerprint density at radius 1 is 1.32 bits per heavy atom. The van der Waals surface area contributed by atoms with Gasteiger partial charge in [0, 0.05) is 18.6 Å². The van der Waals surface area contributed by atoms with Crippen LogP contribution < -0.4 is 0 Å². The van der Waals surface area contributed by atoms with E-state index in [0.29, 0.717) is 18.6 Å². The second kappa shape index (κ2) is 5.74. The lowest BCUT2D eigenvalue weighted by Gasteiger charge is -2.29. The summed E-state index contributed by atoms with van der Waals surface area (Å²) in [6.07, 6.45) is 2.63. The largest absolute Gasteiger partial charge is 0.481 e. The molecule has 1 saturated carbocycles. The molecule has 0 aromatic heterocycles. The molecular weight excluding hydrogens is 238 g/mol. The van der Waals surface area contributed by atoms with Crippen LogP contribution in [0.2, 0.25) is 0 Å². The van der Waals surface area contributed by atoms with Crippen molar-refractivity contribution in [1.29, 1.82) is 0 Å². The van der Waals surface area contributed by atoms with Crippen molar-refractivity contribution in [2.24, 2.45) is 0 Å². The lowest BCUT2D eigenvalue weighted by atomic mass is 10.0. The maximum atomic E-state index is 10.8. The van der Waals surface area contributed by atoms with Gasteiger partial charge in [-0.15, -0.1) is 0 Å². The third kappa shape index (κ3) is 3.80. The van der Waals surface area contributed by atoms with Crippen molar-refractivity contribution in [3.63, 3.8) is 0 Å². The molecule has 1 unspecified atom stereocenters. The highest BCUT2D eigenvalue weighted by Crippen LogP contribution is 2.34. The number of rotatable bonds is 6. The Bertz CT molecular complexity index is 446. The number of carboxylic acids is 1. The van der Waals surface area contributed by atoms with Gasteiger partial charge in [0.2, 0.25) is 0 Å². The van der Waals surface area contributed by atoms with E-state index in [1.54, 1.807) is 0 Å². The highest BCUT2D eigenvalue weighted by atomic mass is 16.4. The van der Waals surface area contributed by atoms with E-state index in [0.717, 1.165) is 0 Å². The van der Waals surface area contributed by atoms with E-state index < -0.39 is 5.97 Å². The monoisotopic (exact) mass is 261 g/mol. The van der Waals surface area contributed by atoms with Gasteiger partial charge in [-0.25, -0.2) is 0 Å². The molecule has 1 aliphatic rings. The van der Waals surface area contributed by atoms with E-state index in [1.165, 1.54) is 29.5 Å². The molecule has 1 atom stereocenters. The van der Waals surface area contributed by atoms with Gasteiger partial charge in [0.05, 0.1) is 6.42 Å². The number of hydrogen-bond acceptors (Lipinski definition) is 2. The van der Waals surface area contributed by atoms with Crippen LogP contribution in [-0.2, 0) is 4.79 Å². The molecule has 1 N–H and O–H groups in total. The van der Waals surface area contributed by atoms with Gasteiger partial charge in [-0.3, -0.25) is 9.69 Å². The van der Waals surface area contributed by atoms with E-state index >= 15 is 0 Å². The maximum absolute atomic E-state index is 10.8. The van der Waals surface area contributed by atoms with Crippen LogP contribution in [0.3, 0.4) is 0 Å². The minimum Gasteiger partial charge on any atom is -0.481 e. The molecule has 3 nitrogen and oxygen atoms in total. The highest BCUT2D eigenvalue weighted by Gasteiger charge is 2.32. The second-order valence-corrected chi connectivity index (χ2v) is 5.71. The molecule has 1 fully saturated rings. The van der Waals surface area contributed by atoms with Crippen molar-refractivity contribution in [1.82, 2.24) is 4.90 Å². The van der Waals surface area contributed by atoms with Gasteiger partial charge in [0.25, 0.3) is 0 Å². The summed E-state index contributed by atoms with van der Waals surface area (Å²) >= 11 is 0. The van der Waals surface area contributed by atoms with Crippen LogP contribution >= 0.6 is 0 Å². The summed E-state index contributed by atoms with van der Waals surface area (Å²) in [5.74, 6) is -0.710. The van der Waals surface area contributed by atoms with Crippen LogP contribution in [0.4, 0.5) is 0 Å². The van der Waals surface area contributed by atoms with Crippen molar-refractivity contribution >= 4 is 5.97 Å². The van der Waals surface area contributed by atoms with E-state index in [9.17, 15) is 4.79 Å². The molecule has 0 heterocycles. The summed E-state index contributed by atoms with van der Waals surface area (Å²) in [7, 11) is 0. The average Bonchev–Trinajstić information content (AvgIpc) is 3.11. The minimum atomic E-state index is -0.710. The van der Waals surface area contributed by atoms with Crippen molar-refractivity contribution < 1.29 is 9.90 Å². The zero-order valence-corrected chi connectivity index (χ0v) is 12.0. The molecule has 2 rings (SSSR count). The van der Waals surface area contributed by atoms with Gasteiger partial charge in [-0.1, -0.05) is 29.3 Å². The Morgan fingerprint density at radius 2 is 1.89 bits per heavy atom. The summed E-state index contributed by atoms with van der Waals surface area (Å²) in [5.41, 5.74) is 3.85. The van der Waals surface area contributed by atoms with Crippen LogP contribution in [0.1, 0.15) is 48.9 Å². The van der Waals surface area contributed by atoms with Gasteiger partial charge in [0.1, 0.15) is 0 Å². The van der Waals surface area contributed by atoms with Gasteiger partial charge in [-0.05, 0) is 39.2 Å². The average molecular weight is 261 g/mol. The first-order valence-corrected chi connectivity index (χ1v) is 7.03. The fourth-order valence-corrected chi connectivity index (χ4v) is 2.77. The molecule has 0 radical (unpaired) electrons. The van der Waals surface area contributed by atoms with Gasteiger partial charge in [-0.2, -0.15) is 0 Å². The van der Waals surface area contributed by atoms with Crippen molar-refractivity contribution in [3.05, 3.63) is 34.9 Å². The molecule has 104 valence electrons. The first kappa shape index (κ1) is 14.1. The van der Waals surface area contributed by atoms with Crippen LogP contribution in [0.25, 0.3) is 0 Å². The van der Waals surface area contributed by atoms with Crippen LogP contribution in [0.5, 0.6) is 0 Å². The summed E-state index contributed by atoms with van der Waals surface area (Å²) in [6, 6.07) is 7.48. The molecule has 0 bridgehead atoms. The van der Waals surface area contributed by atoms with Crippen molar-refractivity contribution in [3.8, 4) is 0 Å². The molecule has 3 heteroatoms. The zero-order chi connectivity index (χ0) is 14.0. The highest BCUT2D eigenvalue weighted by molar-refractivity contribution is 5.66. The number of benzene rings is 1. The molecule has 19 heavy (non-hydrogen) atoms. The van der Waals surface area contributed by atoms with Gasteiger partial charge >= 0.3 is 5.97 Å². The maximum Gasteiger partial charge on any atom is 0.304 e. The first-order valence-electron chi connectivity index (χ1n) is 7.03. The summed E-state index contributed by atoms with van der Waals surface area (Å²) in [4.78, 5) is 13.1. The van der Waals surface area contributed by atoms with E-state index in [-0.39, 0.29) is 6.42 Å². The lowest BCUT2D eigenvalue weighted by molar-refractivity contribution is -0.137. The molecule has 0 aliphatic heterocycles. The summed E-state index contributed by atoms with van der Waals surface area (Å²) in [5, 5.41) is 8.88. The van der Waals surface area contributed by atoms with Crippen molar-refractivity contribution in [2.45, 2.75) is 52.1 Å². The number of hydrogen-bond donors (Lipinski definition) is 1. The number of carbonyl (C=O) groups is 1. The van der Waals surface area contributed by atoms with Gasteiger partial charge in [0.15, 0.2) is 0 Å². The molecule has 1 aromatic rings. The predicted octanol–water partition coefficient (Wildman–Crippen LogP) is 3.30. The Balaban J connectivity index is 2.13. The fourth-order valence-electron chi connectivity index (χ4n) is 2.77. The molecule has 0 saturated heterocycles. The topological polar surface area (TPSA) is 40.5 Å². The molecule has 1 aromatic carbocycles. The SMILES string of the molecule is Cc1cc(C)cc(C(C)N(CCC(=O)O)C2CC2)c1. The standard InChI is InChI=1S/C16H23NO2/c1-11-8-12(2)10-14(9-11)13(3)17(15-4-5-15)7-6-16(18)19/h8-10,13,15H,4-7H2,1-3H3,(H,18,19). The Labute approximate surface area is 115 Å². The fraction of sp³-hybridized carbons (Fsp3) is 0.562. The van der Waals surface area contributed by atoms with Crippen LogP contribution in [-0.4, -0.2) is 28.6 Å². The Hall–Kier alpha value is -1.35. The van der Waals surface area contributed by atoms with E-state index in [2.05, 4.69) is 43.9 Å². The predicted molar refractivity (Wildman–Crippen MR) is 76.3 cm³/mol. The van der Waals surface area contributed by atoms with Gasteiger partial charge < -0.3 is 5.11 Å². The minimum absolute atomic E-state index is 0.228. The Morgan fingerprint density at radius 3 is 2.37 bits per heavy atom. The number of aliphatic carboxylic acids is 1. The smallest absolute Gasteiger partial charge is 0.304 e. The summed E-state index contributed by atoms with van der Waals surface area (Å²) in [6.45, 7) is 7.06. The zero-order valence-electron chi connectivity index (χ0n) is 12.0. The lowest BCUT2D eigenvalue weighted by Crippen LogP contribution is -2.31. The van der Waals surface area contributed by atoms with Crippen LogP contribution in [0.15, 0.2) is 18.2 Å². The van der Waals surface area contributed by atoms with Crippen LogP contribution in [0, 0.1) is 13.8 Å². The van der Waals surface area contributed by atoms with E-state index in [4.69, 9.17) is 5.11 Å². The normalized spacial score (nSPS) is 16.6. The number of nitrogens with zero attached hydrogens (tertiary/aromatic N) is 1. The van der Waals surface area contributed by atoms with Crippen molar-refractivity contribution in [2.75, 3.05) is 6.54 Å². The third-order valence-corrected chi connectivity index (χ3v) is 3.82. The third-order valence-electron chi connectivity index (χ3n) is 3.82. The summed E-state index contributed by atoms with van der Waals surface area (Å²) < 4.78 is 0. The molecule has 1 aliphatic carbocycles. The molecular formula is C16H23NO2. The molecule has 0 spiro atoms. The number of aryl methyl sites for hydroxylation is 2. The van der Waals surface area contributed by atoms with E-state index in [1.807, 2.05) is 0 Å². The first-order chi connectivity index (χ1) is 8.97.